The molecule has 0 aliphatic rings. The number of halogens is 2. The first-order valence-corrected chi connectivity index (χ1v) is 9.37. The number of carbonyl (C=O) groups excluding carboxylic acids is 2. The molecular weight excluding hydrogens is 399 g/mol. The Labute approximate surface area is 160 Å². The third kappa shape index (κ3) is 5.25. The molecule has 10 heteroatoms. The number of carbonyl (C=O) groups is 2. The van der Waals surface area contributed by atoms with Gasteiger partial charge in [0.1, 0.15) is 5.82 Å². The molecule has 0 aliphatic heterocycles. The zero-order valence-corrected chi connectivity index (χ0v) is 16.0. The van der Waals surface area contributed by atoms with Crippen molar-refractivity contribution in [3.8, 4) is 0 Å². The average Bonchev–Trinajstić information content (AvgIpc) is 2.62. The van der Waals surface area contributed by atoms with E-state index >= 15 is 0 Å². The lowest BCUT2D eigenvalue weighted by atomic mass is 10.2. The molecule has 0 bridgehead atoms. The minimum absolute atomic E-state index is 0.0231. The maximum atomic E-state index is 13.1. The van der Waals surface area contributed by atoms with Crippen LogP contribution in [-0.4, -0.2) is 45.3 Å². The topological polar surface area (TPSA) is 92.8 Å². The molecule has 0 fully saturated rings. The van der Waals surface area contributed by atoms with Gasteiger partial charge in [0.15, 0.2) is 6.61 Å². The molecule has 2 rings (SSSR count). The molecule has 0 saturated carbocycles. The number of sulfonamides is 1. The molecule has 1 N–H and O–H groups in total. The first kappa shape index (κ1) is 20.8. The minimum Gasteiger partial charge on any atom is -0.452 e. The summed E-state index contributed by atoms with van der Waals surface area (Å²) in [6.45, 7) is -0.578. The van der Waals surface area contributed by atoms with E-state index in [2.05, 4.69) is 5.32 Å². The Morgan fingerprint density at radius 1 is 1.15 bits per heavy atom. The second-order valence-corrected chi connectivity index (χ2v) is 8.12. The monoisotopic (exact) mass is 414 g/mol. The summed E-state index contributed by atoms with van der Waals surface area (Å²) in [6, 6.07) is 8.74. The van der Waals surface area contributed by atoms with Crippen molar-refractivity contribution in [1.29, 1.82) is 0 Å². The number of amides is 1. The molecule has 0 aromatic heterocycles. The molecule has 1 amide bonds. The molecule has 2 aromatic rings. The van der Waals surface area contributed by atoms with Gasteiger partial charge >= 0.3 is 5.97 Å². The van der Waals surface area contributed by atoms with Gasteiger partial charge in [0, 0.05) is 19.8 Å². The van der Waals surface area contributed by atoms with Crippen molar-refractivity contribution in [3.05, 3.63) is 58.9 Å². The summed E-state index contributed by atoms with van der Waals surface area (Å²) in [5.41, 5.74) is 0.339. The van der Waals surface area contributed by atoms with Crippen LogP contribution >= 0.6 is 11.6 Å². The van der Waals surface area contributed by atoms with Crippen LogP contribution in [0.5, 0.6) is 0 Å². The summed E-state index contributed by atoms with van der Waals surface area (Å²) in [5.74, 6) is -2.06. The van der Waals surface area contributed by atoms with E-state index in [0.29, 0.717) is 0 Å². The predicted molar refractivity (Wildman–Crippen MR) is 97.6 cm³/mol. The van der Waals surface area contributed by atoms with Gasteiger partial charge in [-0.05, 0) is 42.5 Å². The van der Waals surface area contributed by atoms with Crippen LogP contribution < -0.4 is 5.32 Å². The highest BCUT2D eigenvalue weighted by molar-refractivity contribution is 7.89. The third-order valence-corrected chi connectivity index (χ3v) is 5.53. The highest BCUT2D eigenvalue weighted by atomic mass is 35.5. The van der Waals surface area contributed by atoms with Crippen molar-refractivity contribution in [1.82, 2.24) is 4.31 Å². The quantitative estimate of drug-likeness (QED) is 0.733. The lowest BCUT2D eigenvalue weighted by molar-refractivity contribution is -0.119. The SMILES string of the molecule is CN(C)S(=O)(=O)c1ccc(C(=O)OCC(=O)Nc2ccc(F)c(Cl)c2)cc1. The van der Waals surface area contributed by atoms with Gasteiger partial charge in [-0.2, -0.15) is 0 Å². The molecule has 0 unspecified atom stereocenters. The van der Waals surface area contributed by atoms with Gasteiger partial charge in [-0.25, -0.2) is 21.9 Å². The van der Waals surface area contributed by atoms with Crippen LogP contribution in [0.15, 0.2) is 47.4 Å². The third-order valence-electron chi connectivity index (χ3n) is 3.41. The summed E-state index contributed by atoms with van der Waals surface area (Å²) >= 11 is 5.61. The Hall–Kier alpha value is -2.49. The van der Waals surface area contributed by atoms with E-state index < -0.39 is 34.3 Å². The van der Waals surface area contributed by atoms with Crippen LogP contribution in [0.3, 0.4) is 0 Å². The maximum Gasteiger partial charge on any atom is 0.338 e. The van der Waals surface area contributed by atoms with Crippen LogP contribution in [0, 0.1) is 5.82 Å². The van der Waals surface area contributed by atoms with Crippen molar-refractivity contribution < 1.29 is 27.1 Å². The fraction of sp³-hybridized carbons (Fsp3) is 0.176. The Balaban J connectivity index is 1.95. The fourth-order valence-electron chi connectivity index (χ4n) is 1.96. The number of ether oxygens (including phenoxy) is 1. The molecule has 0 spiro atoms. The number of esters is 1. The van der Waals surface area contributed by atoms with Crippen molar-refractivity contribution in [3.63, 3.8) is 0 Å². The second kappa shape index (κ2) is 8.47. The van der Waals surface area contributed by atoms with Gasteiger partial charge in [-0.1, -0.05) is 11.6 Å². The van der Waals surface area contributed by atoms with Gasteiger partial charge in [-0.15, -0.1) is 0 Å². The maximum absolute atomic E-state index is 13.1. The van der Waals surface area contributed by atoms with Crippen molar-refractivity contribution >= 4 is 39.2 Å². The van der Waals surface area contributed by atoms with E-state index in [1.807, 2.05) is 0 Å². The lowest BCUT2D eigenvalue weighted by Crippen LogP contribution is -2.22. The molecule has 7 nitrogen and oxygen atoms in total. The highest BCUT2D eigenvalue weighted by Crippen LogP contribution is 2.19. The number of hydrogen-bond donors (Lipinski definition) is 1. The fourth-order valence-corrected chi connectivity index (χ4v) is 3.04. The number of nitrogens with zero attached hydrogens (tertiary/aromatic N) is 1. The normalized spacial score (nSPS) is 11.3. The Bertz CT molecular complexity index is 962. The van der Waals surface area contributed by atoms with E-state index in [4.69, 9.17) is 16.3 Å². The van der Waals surface area contributed by atoms with E-state index in [1.165, 1.54) is 50.5 Å². The van der Waals surface area contributed by atoms with Crippen molar-refractivity contribution in [2.75, 3.05) is 26.0 Å². The molecule has 0 saturated heterocycles. The smallest absolute Gasteiger partial charge is 0.338 e. The number of benzene rings is 2. The van der Waals surface area contributed by atoms with Crippen molar-refractivity contribution in [2.45, 2.75) is 4.90 Å². The zero-order valence-electron chi connectivity index (χ0n) is 14.4. The summed E-state index contributed by atoms with van der Waals surface area (Å²) in [4.78, 5) is 23.8. The van der Waals surface area contributed by atoms with Crippen LogP contribution in [0.2, 0.25) is 5.02 Å². The summed E-state index contributed by atoms with van der Waals surface area (Å²) < 4.78 is 42.9. The number of rotatable bonds is 6. The zero-order chi connectivity index (χ0) is 20.2. The first-order chi connectivity index (χ1) is 12.6. The Morgan fingerprint density at radius 3 is 2.33 bits per heavy atom. The van der Waals surface area contributed by atoms with Gasteiger partial charge in [-0.3, -0.25) is 4.79 Å². The Kier molecular flexibility index (Phi) is 6.53. The highest BCUT2D eigenvalue weighted by Gasteiger charge is 2.18. The van der Waals surface area contributed by atoms with E-state index in [9.17, 15) is 22.4 Å². The summed E-state index contributed by atoms with van der Waals surface area (Å²) in [7, 11) is -0.820. The summed E-state index contributed by atoms with van der Waals surface area (Å²) in [6.07, 6.45) is 0. The van der Waals surface area contributed by atoms with Crippen molar-refractivity contribution in [2.24, 2.45) is 0 Å². The largest absolute Gasteiger partial charge is 0.452 e. The van der Waals surface area contributed by atoms with Crippen LogP contribution in [0.4, 0.5) is 10.1 Å². The Morgan fingerprint density at radius 2 is 1.78 bits per heavy atom. The van der Waals surface area contributed by atoms with Crippen LogP contribution in [0.1, 0.15) is 10.4 Å². The predicted octanol–water partition coefficient (Wildman–Crippen LogP) is 2.52. The standard InChI is InChI=1S/C17H16ClFN2O5S/c1-21(2)27(24,25)13-6-3-11(4-7-13)17(23)26-10-16(22)20-12-5-8-15(19)14(18)9-12/h3-9H,10H2,1-2H3,(H,20,22). The molecule has 2 aromatic carbocycles. The van der Waals surface area contributed by atoms with E-state index in [-0.39, 0.29) is 21.2 Å². The molecule has 0 aliphatic carbocycles. The molecule has 144 valence electrons. The van der Waals surface area contributed by atoms with E-state index in [1.54, 1.807) is 0 Å². The number of nitrogens with one attached hydrogen (secondary N) is 1. The lowest BCUT2D eigenvalue weighted by Gasteiger charge is -2.11. The number of hydrogen-bond acceptors (Lipinski definition) is 5. The van der Waals surface area contributed by atoms with Gasteiger partial charge in [0.05, 0.1) is 15.5 Å². The minimum atomic E-state index is -3.61. The first-order valence-electron chi connectivity index (χ1n) is 7.56. The molecule has 27 heavy (non-hydrogen) atoms. The van der Waals surface area contributed by atoms with Gasteiger partial charge in [0.2, 0.25) is 10.0 Å². The second-order valence-electron chi connectivity index (χ2n) is 5.57. The average molecular weight is 415 g/mol. The van der Waals surface area contributed by atoms with Crippen LogP contribution in [0.25, 0.3) is 0 Å². The number of anilines is 1. The molecule has 0 heterocycles. The van der Waals surface area contributed by atoms with E-state index in [0.717, 1.165) is 10.4 Å². The van der Waals surface area contributed by atoms with Gasteiger partial charge < -0.3 is 10.1 Å². The van der Waals surface area contributed by atoms with Gasteiger partial charge in [0.25, 0.3) is 5.91 Å². The molecule has 0 radical (unpaired) electrons. The molecular formula is C17H16ClFN2O5S. The van der Waals surface area contributed by atoms with Crippen LogP contribution in [-0.2, 0) is 19.6 Å². The summed E-state index contributed by atoms with van der Waals surface area (Å²) in [5, 5.41) is 2.25. The molecule has 0 atom stereocenters.